The molecule has 49 heavy (non-hydrogen) atoms. The monoisotopic (exact) mass is 756 g/mol. The van der Waals surface area contributed by atoms with Crippen molar-refractivity contribution in [2.45, 2.75) is 60.8 Å². The van der Waals surface area contributed by atoms with Crippen molar-refractivity contribution in [3.8, 4) is 0 Å². The molecule has 300 valence electrons. The topological polar surface area (TPSA) is 197 Å². The Labute approximate surface area is 298 Å². The van der Waals surface area contributed by atoms with Gasteiger partial charge in [-0.15, -0.1) is 0 Å². The van der Waals surface area contributed by atoms with Crippen molar-refractivity contribution in [3.63, 3.8) is 0 Å². The molecule has 2 unspecified atom stereocenters. The lowest BCUT2D eigenvalue weighted by Gasteiger charge is -2.39. The van der Waals surface area contributed by atoms with Crippen LogP contribution in [0.15, 0.2) is 0 Å². The molecule has 0 aromatic rings. The van der Waals surface area contributed by atoms with Crippen molar-refractivity contribution in [3.05, 3.63) is 0 Å². The van der Waals surface area contributed by atoms with Crippen molar-refractivity contribution in [1.29, 1.82) is 0 Å². The van der Waals surface area contributed by atoms with Crippen LogP contribution in [0.25, 0.3) is 0 Å². The lowest BCUT2D eigenvalue weighted by molar-refractivity contribution is -0.118. The van der Waals surface area contributed by atoms with Gasteiger partial charge in [0.2, 0.25) is 5.91 Å². The quantitative estimate of drug-likeness (QED) is 0.152. The number of piperazine rings is 1. The minimum Gasteiger partial charge on any atom is -0.447 e. The van der Waals surface area contributed by atoms with Crippen molar-refractivity contribution in [1.82, 2.24) is 23.6 Å². The summed E-state index contributed by atoms with van der Waals surface area (Å²) in [7, 11) is 5.87. The van der Waals surface area contributed by atoms with E-state index in [2.05, 4.69) is 41.5 Å². The molecule has 0 radical (unpaired) electrons. The van der Waals surface area contributed by atoms with Crippen LogP contribution in [0.3, 0.4) is 0 Å². The molecule has 2 atom stereocenters. The van der Waals surface area contributed by atoms with E-state index in [9.17, 15) is 18.7 Å². The number of carbonyl (C=O) groups excluding carboxylic acids is 2. The van der Waals surface area contributed by atoms with Crippen LogP contribution in [0.4, 0.5) is 4.79 Å². The molecule has 0 aliphatic carbocycles. The number of rotatable bonds is 16. The van der Waals surface area contributed by atoms with Crippen LogP contribution in [0.2, 0.25) is 0 Å². The Balaban J connectivity index is -0.000000224. The normalized spacial score (nSPS) is 14.9. The van der Waals surface area contributed by atoms with E-state index in [-0.39, 0.29) is 33.0 Å². The van der Waals surface area contributed by atoms with Gasteiger partial charge in [-0.05, 0) is 35.2 Å². The first-order valence-corrected chi connectivity index (χ1v) is 19.7. The zero-order valence-corrected chi connectivity index (χ0v) is 35.0. The summed E-state index contributed by atoms with van der Waals surface area (Å²) in [4.78, 5) is 24.2. The third kappa shape index (κ3) is 29.1. The summed E-state index contributed by atoms with van der Waals surface area (Å²) in [5, 5.41) is 15.5. The molecule has 1 aliphatic rings. The Kier molecular flexibility index (Phi) is 44.4. The fraction of sp³-hybridized carbons (Fsp3) is 0.933. The Morgan fingerprint density at radius 3 is 1.45 bits per heavy atom. The Hall–Kier alpha value is -1.20. The molecule has 0 aromatic carbocycles. The Morgan fingerprint density at radius 2 is 1.12 bits per heavy atom. The summed E-state index contributed by atoms with van der Waals surface area (Å²) < 4.78 is 56.2. The first-order chi connectivity index (χ1) is 23.0. The number of likely N-dealkylation sites (N-methyl/N-ethyl adjacent to an activating group) is 1. The van der Waals surface area contributed by atoms with Gasteiger partial charge in [-0.3, -0.25) is 13.9 Å². The molecular weight excluding hydrogens is 682 g/mol. The van der Waals surface area contributed by atoms with Gasteiger partial charge in [0.15, 0.2) is 0 Å². The highest BCUT2D eigenvalue weighted by molar-refractivity contribution is 7.54. The molecule has 1 aliphatic heterocycles. The summed E-state index contributed by atoms with van der Waals surface area (Å²) in [6.07, 6.45) is 3.34. The zero-order valence-electron chi connectivity index (χ0n) is 33.2. The second kappa shape index (κ2) is 38.0. The molecule has 0 saturated carbocycles. The minimum absolute atomic E-state index is 0.0146. The van der Waals surface area contributed by atoms with Gasteiger partial charge < -0.3 is 44.1 Å². The first kappa shape index (κ1) is 57.2. The average Bonchev–Trinajstić information content (AvgIpc) is 3.07. The van der Waals surface area contributed by atoms with Crippen molar-refractivity contribution < 1.29 is 52.2 Å². The van der Waals surface area contributed by atoms with Gasteiger partial charge >= 0.3 is 21.4 Å². The number of carbonyl (C=O) groups is 2. The van der Waals surface area contributed by atoms with Gasteiger partial charge in [0.05, 0.1) is 39.6 Å². The molecule has 4 N–H and O–H groups in total. The van der Waals surface area contributed by atoms with Crippen LogP contribution in [0.5, 0.6) is 0 Å². The number of hydrogen-bond donors (Lipinski definition) is 3. The van der Waals surface area contributed by atoms with Gasteiger partial charge in [0.1, 0.15) is 6.61 Å². The summed E-state index contributed by atoms with van der Waals surface area (Å²) >= 11 is 0. The largest absolute Gasteiger partial charge is 0.447 e. The van der Waals surface area contributed by atoms with E-state index in [4.69, 9.17) is 39.2 Å². The highest BCUT2D eigenvalue weighted by atomic mass is 31.2. The average molecular weight is 757 g/mol. The third-order valence-electron chi connectivity index (χ3n) is 5.24. The predicted molar refractivity (Wildman–Crippen MR) is 198 cm³/mol. The summed E-state index contributed by atoms with van der Waals surface area (Å²) in [5.74, 6) is -0.540. The fourth-order valence-corrected chi connectivity index (χ4v) is 6.53. The van der Waals surface area contributed by atoms with E-state index < -0.39 is 27.3 Å². The molecule has 1 rings (SSSR count). The van der Waals surface area contributed by atoms with Crippen LogP contribution in [0, 0.1) is 0 Å². The van der Waals surface area contributed by atoms with Crippen LogP contribution < -0.4 is 5.73 Å². The maximum atomic E-state index is 12.7. The summed E-state index contributed by atoms with van der Waals surface area (Å²) in [6.45, 7) is 15.9. The van der Waals surface area contributed by atoms with E-state index in [1.807, 2.05) is 0 Å². The van der Waals surface area contributed by atoms with Crippen LogP contribution in [-0.4, -0.2) is 175 Å². The van der Waals surface area contributed by atoms with E-state index >= 15 is 0 Å². The van der Waals surface area contributed by atoms with Crippen LogP contribution >= 0.6 is 15.3 Å². The lowest BCUT2D eigenvalue weighted by Crippen LogP contribution is -2.48. The molecule has 1 fully saturated rings. The van der Waals surface area contributed by atoms with Crippen molar-refractivity contribution in [2.24, 2.45) is 5.73 Å². The molecule has 2 amide bonds. The van der Waals surface area contributed by atoms with E-state index in [0.29, 0.717) is 39.4 Å². The SMILES string of the molecule is CCC.CCC.CCC.CO.COP(=O)(N(C)C)N(C)CC(N)=O.COP(=O)(N(C)C)N1CCN(C(=O)OCCOCCOCCO)CC1. The molecule has 19 heteroatoms. The standard InChI is InChI=1S/C14H30N3O7P.C6H16N3O3P.3C3H8.CH4O/c1-15(2)25(20,21-3)17-6-4-16(5-7-17)14(19)24-13-12-23-11-10-22-9-8-18;1-8(2)13(11,12-4)9(3)5-6(7)10;3*1-3-2;1-2/h18H,4-13H2,1-3H3;5H2,1-4H3,(H2,7,10);3*3H2,1-2H3;2H,1H3. The number of primary amides is 1. The maximum absolute atomic E-state index is 12.7. The number of ether oxygens (including phenoxy) is 3. The van der Waals surface area contributed by atoms with Crippen LogP contribution in [-0.2, 0) is 37.2 Å². The second-order valence-electron chi connectivity index (χ2n) is 10.4. The Morgan fingerprint density at radius 1 is 0.714 bits per heavy atom. The molecule has 17 nitrogen and oxygen atoms in total. The summed E-state index contributed by atoms with van der Waals surface area (Å²) in [5.41, 5.74) is 4.97. The number of nitrogens with two attached hydrogens (primary N) is 1. The highest BCUT2D eigenvalue weighted by Crippen LogP contribution is 2.52. The fourth-order valence-electron chi connectivity index (χ4n) is 3.25. The number of amides is 2. The molecular formula is C30H74N6O11P2. The Bertz CT molecular complexity index is 833. The van der Waals surface area contributed by atoms with Gasteiger partial charge in [-0.25, -0.2) is 23.5 Å². The van der Waals surface area contributed by atoms with Gasteiger partial charge in [0, 0.05) is 47.5 Å². The second-order valence-corrected chi connectivity index (χ2v) is 16.0. The van der Waals surface area contributed by atoms with Gasteiger partial charge in [0.25, 0.3) is 0 Å². The predicted octanol–water partition coefficient (Wildman–Crippen LogP) is 3.66. The first-order valence-electron chi connectivity index (χ1n) is 16.6. The summed E-state index contributed by atoms with van der Waals surface area (Å²) in [6, 6.07) is 0. The number of aliphatic hydroxyl groups excluding tert-OH is 2. The highest BCUT2D eigenvalue weighted by Gasteiger charge is 2.37. The zero-order chi connectivity index (χ0) is 39.5. The maximum Gasteiger partial charge on any atom is 0.409 e. The number of aliphatic hydroxyl groups is 2. The van der Waals surface area contributed by atoms with E-state index in [1.165, 1.54) is 49.9 Å². The molecule has 1 heterocycles. The van der Waals surface area contributed by atoms with Crippen molar-refractivity contribution in [2.75, 3.05) is 129 Å². The van der Waals surface area contributed by atoms with E-state index in [0.717, 1.165) is 7.11 Å². The van der Waals surface area contributed by atoms with E-state index in [1.54, 1.807) is 42.4 Å². The number of hydrogen-bond acceptors (Lipinski definition) is 11. The minimum atomic E-state index is -3.05. The third-order valence-corrected chi connectivity index (χ3v) is 10.3. The molecule has 0 aromatic heterocycles. The number of nitrogens with zero attached hydrogens (tertiary/aromatic N) is 5. The lowest BCUT2D eigenvalue weighted by atomic mass is 10.4. The molecule has 1 saturated heterocycles. The smallest absolute Gasteiger partial charge is 0.409 e. The van der Waals surface area contributed by atoms with Crippen molar-refractivity contribution >= 4 is 27.3 Å². The molecule has 0 spiro atoms. The molecule has 0 bridgehead atoms. The van der Waals surface area contributed by atoms with Gasteiger partial charge in [-0.2, -0.15) is 0 Å². The van der Waals surface area contributed by atoms with Gasteiger partial charge in [-0.1, -0.05) is 60.8 Å². The van der Waals surface area contributed by atoms with Crippen LogP contribution in [0.1, 0.15) is 60.8 Å².